The van der Waals surface area contributed by atoms with Crippen molar-refractivity contribution in [1.82, 2.24) is 14.8 Å². The monoisotopic (exact) mass is 405 g/mol. The van der Waals surface area contributed by atoms with Crippen molar-refractivity contribution in [2.24, 2.45) is 0 Å². The van der Waals surface area contributed by atoms with E-state index in [4.69, 9.17) is 9.47 Å². The van der Waals surface area contributed by atoms with Crippen molar-refractivity contribution >= 4 is 17.5 Å². The number of para-hydroxylation sites is 1. The minimum atomic E-state index is -0.482. The smallest absolute Gasteiger partial charge is 0.255 e. The Morgan fingerprint density at radius 3 is 2.70 bits per heavy atom. The molecule has 3 aromatic rings. The summed E-state index contributed by atoms with van der Waals surface area (Å²) in [6.07, 6.45) is 1.47. The Labute approximate surface area is 174 Å². The van der Waals surface area contributed by atoms with Gasteiger partial charge in [-0.15, -0.1) is 0 Å². The van der Waals surface area contributed by atoms with Gasteiger partial charge in [-0.1, -0.05) is 18.2 Å². The normalized spacial score (nSPS) is 15.2. The number of nitrogens with one attached hydrogen (secondary N) is 2. The summed E-state index contributed by atoms with van der Waals surface area (Å²) >= 11 is 0. The first-order valence-electron chi connectivity index (χ1n) is 9.66. The molecule has 1 amide bonds. The Kier molecular flexibility index (Phi) is 5.38. The summed E-state index contributed by atoms with van der Waals surface area (Å²) in [5, 5.41) is 10.5. The van der Waals surface area contributed by atoms with Crippen molar-refractivity contribution in [1.29, 1.82) is 0 Å². The third-order valence-electron chi connectivity index (χ3n) is 4.90. The first-order chi connectivity index (χ1) is 14.6. The second-order valence-corrected chi connectivity index (χ2v) is 6.75. The highest BCUT2D eigenvalue weighted by atomic mass is 16.5. The summed E-state index contributed by atoms with van der Waals surface area (Å²) in [7, 11) is 1.60. The molecule has 1 aliphatic heterocycles. The van der Waals surface area contributed by atoms with Gasteiger partial charge >= 0.3 is 0 Å². The molecule has 30 heavy (non-hydrogen) atoms. The molecule has 0 radical (unpaired) electrons. The van der Waals surface area contributed by atoms with Gasteiger partial charge < -0.3 is 20.1 Å². The lowest BCUT2D eigenvalue weighted by atomic mass is 9.94. The maximum atomic E-state index is 13.4. The zero-order chi connectivity index (χ0) is 21.1. The van der Waals surface area contributed by atoms with Crippen LogP contribution < -0.4 is 20.1 Å². The van der Waals surface area contributed by atoms with E-state index in [9.17, 15) is 4.79 Å². The number of nitrogens with zero attached hydrogens (tertiary/aromatic N) is 3. The molecule has 0 spiro atoms. The summed E-state index contributed by atoms with van der Waals surface area (Å²) < 4.78 is 12.7. The largest absolute Gasteiger partial charge is 0.497 e. The van der Waals surface area contributed by atoms with Crippen LogP contribution in [0.2, 0.25) is 0 Å². The van der Waals surface area contributed by atoms with Crippen LogP contribution in [0.1, 0.15) is 25.5 Å². The van der Waals surface area contributed by atoms with Crippen molar-refractivity contribution in [3.63, 3.8) is 0 Å². The van der Waals surface area contributed by atoms with E-state index in [1.54, 1.807) is 36.1 Å². The van der Waals surface area contributed by atoms with Gasteiger partial charge in [0, 0.05) is 16.9 Å². The van der Waals surface area contributed by atoms with Crippen LogP contribution in [0.5, 0.6) is 11.5 Å². The molecule has 2 heterocycles. The number of fused-ring (bicyclic) bond motifs is 1. The minimum Gasteiger partial charge on any atom is -0.497 e. The molecular formula is C22H23N5O3. The summed E-state index contributed by atoms with van der Waals surface area (Å²) in [4.78, 5) is 17.6. The van der Waals surface area contributed by atoms with E-state index in [0.717, 1.165) is 11.3 Å². The topological polar surface area (TPSA) is 90.3 Å². The molecule has 1 unspecified atom stereocenters. The number of anilines is 2. The molecule has 0 saturated heterocycles. The number of hydrogen-bond acceptors (Lipinski definition) is 6. The number of amides is 1. The average molecular weight is 405 g/mol. The molecular weight excluding hydrogens is 382 g/mol. The van der Waals surface area contributed by atoms with Crippen LogP contribution in [0.25, 0.3) is 0 Å². The van der Waals surface area contributed by atoms with Gasteiger partial charge in [0.2, 0.25) is 5.95 Å². The number of rotatable bonds is 6. The number of hydrogen-bond donors (Lipinski definition) is 2. The van der Waals surface area contributed by atoms with Crippen molar-refractivity contribution in [2.75, 3.05) is 24.4 Å². The van der Waals surface area contributed by atoms with Crippen molar-refractivity contribution in [2.45, 2.75) is 19.9 Å². The van der Waals surface area contributed by atoms with Crippen molar-refractivity contribution in [3.8, 4) is 11.5 Å². The van der Waals surface area contributed by atoms with Gasteiger partial charge in [0.05, 0.1) is 19.3 Å². The van der Waals surface area contributed by atoms with E-state index in [0.29, 0.717) is 35.3 Å². The second-order valence-electron chi connectivity index (χ2n) is 6.75. The number of carbonyl (C=O) groups is 1. The van der Waals surface area contributed by atoms with Gasteiger partial charge in [0.1, 0.15) is 23.9 Å². The van der Waals surface area contributed by atoms with Gasteiger partial charge in [-0.25, -0.2) is 4.68 Å². The van der Waals surface area contributed by atoms with Gasteiger partial charge in [-0.05, 0) is 44.2 Å². The first kappa shape index (κ1) is 19.5. The lowest BCUT2D eigenvalue weighted by Gasteiger charge is -2.29. The molecule has 1 atom stereocenters. The molecule has 2 aromatic carbocycles. The molecule has 4 rings (SSSR count). The number of ether oxygens (including phenoxy) is 2. The summed E-state index contributed by atoms with van der Waals surface area (Å²) in [6.45, 7) is 4.30. The number of allylic oxidation sites excluding steroid dienone is 1. The molecule has 154 valence electrons. The summed E-state index contributed by atoms with van der Waals surface area (Å²) in [6, 6.07) is 14.4. The van der Waals surface area contributed by atoms with Crippen LogP contribution in [-0.4, -0.2) is 34.4 Å². The quantitative estimate of drug-likeness (QED) is 0.651. The molecule has 0 saturated carbocycles. The maximum Gasteiger partial charge on any atom is 0.255 e. The minimum absolute atomic E-state index is 0.234. The van der Waals surface area contributed by atoms with E-state index in [1.807, 2.05) is 38.1 Å². The van der Waals surface area contributed by atoms with E-state index in [1.165, 1.54) is 6.33 Å². The fourth-order valence-corrected chi connectivity index (χ4v) is 3.54. The highest BCUT2D eigenvalue weighted by Crippen LogP contribution is 2.39. The van der Waals surface area contributed by atoms with Crippen molar-refractivity contribution < 1.29 is 14.3 Å². The Hall–Kier alpha value is -3.81. The number of methoxy groups -OCH3 is 1. The standard InChI is InChI=1S/C22H23N5O3/c1-4-30-18-8-6-5-7-17(18)20-19(14(2)25-22-23-13-24-27(20)22)21(28)26-15-9-11-16(29-3)12-10-15/h5-13,20H,4H2,1-3H3,(H,26,28)(H,23,24,25). The second kappa shape index (κ2) is 8.28. The molecule has 1 aliphatic rings. The zero-order valence-electron chi connectivity index (χ0n) is 17.0. The summed E-state index contributed by atoms with van der Waals surface area (Å²) in [5.74, 6) is 1.77. The van der Waals surface area contributed by atoms with Gasteiger partial charge in [0.15, 0.2) is 0 Å². The molecule has 8 nitrogen and oxygen atoms in total. The predicted octanol–water partition coefficient (Wildman–Crippen LogP) is 3.61. The van der Waals surface area contributed by atoms with Crippen LogP contribution >= 0.6 is 0 Å². The van der Waals surface area contributed by atoms with Crippen LogP contribution in [0.4, 0.5) is 11.6 Å². The fourth-order valence-electron chi connectivity index (χ4n) is 3.54. The van der Waals surface area contributed by atoms with E-state index in [2.05, 4.69) is 20.7 Å². The summed E-state index contributed by atoms with van der Waals surface area (Å²) in [5.41, 5.74) is 2.75. The Balaban J connectivity index is 1.75. The maximum absolute atomic E-state index is 13.4. The van der Waals surface area contributed by atoms with Crippen LogP contribution in [0.15, 0.2) is 66.1 Å². The van der Waals surface area contributed by atoms with Gasteiger partial charge in [-0.3, -0.25) is 4.79 Å². The number of carbonyl (C=O) groups excluding carboxylic acids is 1. The third-order valence-corrected chi connectivity index (χ3v) is 4.90. The first-order valence-corrected chi connectivity index (χ1v) is 9.66. The van der Waals surface area contributed by atoms with Crippen LogP contribution in [0.3, 0.4) is 0 Å². The Morgan fingerprint density at radius 1 is 1.20 bits per heavy atom. The van der Waals surface area contributed by atoms with E-state index in [-0.39, 0.29) is 5.91 Å². The molecule has 0 bridgehead atoms. The number of aromatic nitrogens is 3. The average Bonchev–Trinajstić information content (AvgIpc) is 3.22. The molecule has 0 aliphatic carbocycles. The van der Waals surface area contributed by atoms with Crippen molar-refractivity contribution in [3.05, 3.63) is 71.7 Å². The van der Waals surface area contributed by atoms with Gasteiger partial charge in [-0.2, -0.15) is 10.1 Å². The molecule has 2 N–H and O–H groups in total. The molecule has 0 fully saturated rings. The Bertz CT molecular complexity index is 1090. The molecule has 8 heteroatoms. The van der Waals surface area contributed by atoms with E-state index >= 15 is 0 Å². The van der Waals surface area contributed by atoms with E-state index < -0.39 is 6.04 Å². The SMILES string of the molecule is CCOc1ccccc1C1C(C(=O)Nc2ccc(OC)cc2)=C(C)Nc2ncnn21. The predicted molar refractivity (Wildman–Crippen MR) is 114 cm³/mol. The lowest BCUT2D eigenvalue weighted by Crippen LogP contribution is -2.31. The van der Waals surface area contributed by atoms with Crippen LogP contribution in [-0.2, 0) is 4.79 Å². The molecule has 1 aromatic heterocycles. The fraction of sp³-hybridized carbons (Fsp3) is 0.227. The highest BCUT2D eigenvalue weighted by molar-refractivity contribution is 6.06. The van der Waals surface area contributed by atoms with Crippen LogP contribution in [0, 0.1) is 0 Å². The lowest BCUT2D eigenvalue weighted by molar-refractivity contribution is -0.113. The highest BCUT2D eigenvalue weighted by Gasteiger charge is 2.35. The van der Waals surface area contributed by atoms with Gasteiger partial charge in [0.25, 0.3) is 5.91 Å². The Morgan fingerprint density at radius 2 is 1.97 bits per heavy atom. The number of benzene rings is 2. The third kappa shape index (κ3) is 3.59. The zero-order valence-corrected chi connectivity index (χ0v) is 17.0.